The van der Waals surface area contributed by atoms with Crippen molar-refractivity contribution in [2.75, 3.05) is 5.32 Å². The minimum Gasteiger partial charge on any atom is -0.508 e. The first kappa shape index (κ1) is 14.3. The number of nitrogens with one attached hydrogen (secondary N) is 1. The Hall–Kier alpha value is -3.09. The Kier molecular flexibility index (Phi) is 3.75. The number of benzene rings is 2. The van der Waals surface area contributed by atoms with Crippen molar-refractivity contribution in [2.24, 2.45) is 0 Å². The molecule has 0 aliphatic heterocycles. The van der Waals surface area contributed by atoms with Gasteiger partial charge in [0, 0.05) is 6.07 Å². The van der Waals surface area contributed by atoms with Crippen molar-refractivity contribution in [3.05, 3.63) is 53.3 Å². The van der Waals surface area contributed by atoms with Gasteiger partial charge in [0.25, 0.3) is 5.91 Å². The number of carbonyl (C=O) groups is 2. The second-order valence-electron chi connectivity index (χ2n) is 4.15. The lowest BCUT2D eigenvalue weighted by Gasteiger charge is -2.09. The number of hydrogen-bond donors (Lipinski definition) is 4. The number of anilines is 1. The number of halogens is 1. The van der Waals surface area contributed by atoms with Crippen LogP contribution in [0.15, 0.2) is 36.4 Å². The maximum Gasteiger partial charge on any atom is 0.337 e. The third kappa shape index (κ3) is 3.08. The summed E-state index contributed by atoms with van der Waals surface area (Å²) in [6, 6.07) is 6.21. The fourth-order valence-corrected chi connectivity index (χ4v) is 1.70. The smallest absolute Gasteiger partial charge is 0.337 e. The summed E-state index contributed by atoms with van der Waals surface area (Å²) < 4.78 is 13.0. The molecule has 6 nitrogen and oxygen atoms in total. The molecular weight excluding hydrogens is 281 g/mol. The summed E-state index contributed by atoms with van der Waals surface area (Å²) in [6.07, 6.45) is 0. The number of amides is 1. The molecule has 1 amide bonds. The molecule has 4 N–H and O–H groups in total. The molecule has 0 aliphatic carbocycles. The number of carbonyl (C=O) groups excluding carboxylic acids is 1. The lowest BCUT2D eigenvalue weighted by Crippen LogP contribution is -2.15. The Morgan fingerprint density at radius 1 is 1.00 bits per heavy atom. The fraction of sp³-hybridized carbons (Fsp3) is 0. The average molecular weight is 291 g/mol. The summed E-state index contributed by atoms with van der Waals surface area (Å²) in [5, 5.41) is 29.9. The molecule has 108 valence electrons. The fourth-order valence-electron chi connectivity index (χ4n) is 1.70. The third-order valence-corrected chi connectivity index (χ3v) is 2.69. The second kappa shape index (κ2) is 5.49. The first-order valence-electron chi connectivity index (χ1n) is 5.74. The number of phenols is 2. The minimum atomic E-state index is -1.40. The van der Waals surface area contributed by atoms with Crippen LogP contribution in [-0.2, 0) is 0 Å². The quantitative estimate of drug-likeness (QED) is 0.693. The molecule has 7 heteroatoms. The average Bonchev–Trinajstić information content (AvgIpc) is 2.40. The molecule has 2 aromatic rings. The summed E-state index contributed by atoms with van der Waals surface area (Å²) in [5.41, 5.74) is -0.684. The van der Waals surface area contributed by atoms with Crippen molar-refractivity contribution in [3.63, 3.8) is 0 Å². The maximum absolute atomic E-state index is 13.0. The molecule has 0 fully saturated rings. The van der Waals surface area contributed by atoms with Crippen molar-refractivity contribution in [1.82, 2.24) is 0 Å². The first-order valence-corrected chi connectivity index (χ1v) is 5.74. The van der Waals surface area contributed by atoms with Crippen molar-refractivity contribution in [1.29, 1.82) is 0 Å². The van der Waals surface area contributed by atoms with Crippen LogP contribution in [0.25, 0.3) is 0 Å². The Balaban J connectivity index is 2.34. The van der Waals surface area contributed by atoms with Gasteiger partial charge in [-0.2, -0.15) is 0 Å². The zero-order valence-electron chi connectivity index (χ0n) is 10.5. The highest BCUT2D eigenvalue weighted by atomic mass is 19.1. The monoisotopic (exact) mass is 291 g/mol. The van der Waals surface area contributed by atoms with Gasteiger partial charge in [0.05, 0.1) is 16.8 Å². The molecule has 0 atom stereocenters. The van der Waals surface area contributed by atoms with Gasteiger partial charge >= 0.3 is 5.97 Å². The molecule has 0 bridgehead atoms. The molecule has 0 aliphatic rings. The molecule has 0 saturated carbocycles. The van der Waals surface area contributed by atoms with Gasteiger partial charge in [-0.25, -0.2) is 9.18 Å². The molecule has 0 heterocycles. The number of carboxylic acids is 1. The molecule has 2 rings (SSSR count). The highest BCUT2D eigenvalue weighted by Crippen LogP contribution is 2.24. The lowest BCUT2D eigenvalue weighted by atomic mass is 10.1. The van der Waals surface area contributed by atoms with Crippen molar-refractivity contribution in [2.45, 2.75) is 0 Å². The van der Waals surface area contributed by atoms with E-state index < -0.39 is 29.0 Å². The van der Waals surface area contributed by atoms with Crippen LogP contribution in [0.3, 0.4) is 0 Å². The maximum atomic E-state index is 13.0. The predicted molar refractivity (Wildman–Crippen MR) is 71.1 cm³/mol. The van der Waals surface area contributed by atoms with Crippen LogP contribution in [0.4, 0.5) is 10.1 Å². The van der Waals surface area contributed by atoms with Gasteiger partial charge in [-0.3, -0.25) is 4.79 Å². The number of carboxylic acid groups (broad SMARTS) is 1. The number of phenolic OH excluding ortho intramolecular Hbond substituents is 2. The van der Waals surface area contributed by atoms with E-state index in [0.29, 0.717) is 0 Å². The van der Waals surface area contributed by atoms with E-state index in [4.69, 9.17) is 10.2 Å². The van der Waals surface area contributed by atoms with Gasteiger partial charge in [-0.15, -0.1) is 0 Å². The van der Waals surface area contributed by atoms with Crippen LogP contribution >= 0.6 is 0 Å². The van der Waals surface area contributed by atoms with Crippen LogP contribution in [0, 0.1) is 5.82 Å². The number of aromatic carboxylic acids is 1. The molecule has 0 aromatic heterocycles. The number of hydrogen-bond acceptors (Lipinski definition) is 4. The molecular formula is C14H10FNO5. The summed E-state index contributed by atoms with van der Waals surface area (Å²) in [5.74, 6) is -3.64. The highest BCUT2D eigenvalue weighted by molar-refractivity contribution is 6.09. The van der Waals surface area contributed by atoms with Crippen LogP contribution < -0.4 is 5.32 Å². The van der Waals surface area contributed by atoms with Gasteiger partial charge in [0.15, 0.2) is 0 Å². The van der Waals surface area contributed by atoms with Crippen molar-refractivity contribution >= 4 is 17.6 Å². The highest BCUT2D eigenvalue weighted by Gasteiger charge is 2.16. The van der Waals surface area contributed by atoms with Gasteiger partial charge < -0.3 is 20.6 Å². The Bertz CT molecular complexity index is 729. The van der Waals surface area contributed by atoms with Crippen LogP contribution in [0.1, 0.15) is 20.7 Å². The normalized spacial score (nSPS) is 10.1. The van der Waals surface area contributed by atoms with E-state index in [1.54, 1.807) is 0 Å². The van der Waals surface area contributed by atoms with Crippen molar-refractivity contribution in [3.8, 4) is 11.5 Å². The number of aromatic hydroxyl groups is 2. The van der Waals surface area contributed by atoms with E-state index in [-0.39, 0.29) is 17.0 Å². The van der Waals surface area contributed by atoms with Gasteiger partial charge in [0.2, 0.25) is 0 Å². The first-order chi connectivity index (χ1) is 9.88. The van der Waals surface area contributed by atoms with Crippen molar-refractivity contribution < 1.29 is 29.3 Å². The van der Waals surface area contributed by atoms with E-state index in [9.17, 15) is 19.1 Å². The largest absolute Gasteiger partial charge is 0.508 e. The van der Waals surface area contributed by atoms with Crippen LogP contribution in [-0.4, -0.2) is 27.2 Å². The number of rotatable bonds is 3. The second-order valence-corrected chi connectivity index (χ2v) is 4.15. The predicted octanol–water partition coefficient (Wildman–Crippen LogP) is 2.19. The zero-order valence-corrected chi connectivity index (χ0v) is 10.5. The Morgan fingerprint density at radius 2 is 1.71 bits per heavy atom. The van der Waals surface area contributed by atoms with E-state index in [1.165, 1.54) is 12.1 Å². The van der Waals surface area contributed by atoms with E-state index in [0.717, 1.165) is 24.3 Å². The van der Waals surface area contributed by atoms with Crippen LogP contribution in [0.5, 0.6) is 11.5 Å². The SMILES string of the molecule is O=C(Nc1ccc(F)cc1C(=O)O)c1ccc(O)cc1O. The van der Waals surface area contributed by atoms with Gasteiger partial charge in [0.1, 0.15) is 17.3 Å². The lowest BCUT2D eigenvalue weighted by molar-refractivity contribution is 0.0697. The van der Waals surface area contributed by atoms with Gasteiger partial charge in [-0.1, -0.05) is 0 Å². The standard InChI is InChI=1S/C14H10FNO5/c15-7-1-4-11(10(5-7)14(20)21)16-13(19)9-3-2-8(17)6-12(9)18/h1-6,17-18H,(H,16,19)(H,20,21). The molecule has 0 radical (unpaired) electrons. The summed E-state index contributed by atoms with van der Waals surface area (Å²) in [4.78, 5) is 23.0. The van der Waals surface area contributed by atoms with E-state index >= 15 is 0 Å². The summed E-state index contributed by atoms with van der Waals surface area (Å²) in [6.45, 7) is 0. The van der Waals surface area contributed by atoms with E-state index in [1.807, 2.05) is 0 Å². The third-order valence-electron chi connectivity index (χ3n) is 2.69. The summed E-state index contributed by atoms with van der Waals surface area (Å²) >= 11 is 0. The molecule has 2 aromatic carbocycles. The van der Waals surface area contributed by atoms with E-state index in [2.05, 4.69) is 5.32 Å². The Morgan fingerprint density at radius 3 is 2.33 bits per heavy atom. The molecule has 21 heavy (non-hydrogen) atoms. The van der Waals surface area contributed by atoms with Crippen LogP contribution in [0.2, 0.25) is 0 Å². The van der Waals surface area contributed by atoms with Gasteiger partial charge in [-0.05, 0) is 30.3 Å². The zero-order chi connectivity index (χ0) is 15.6. The topological polar surface area (TPSA) is 107 Å². The molecule has 0 saturated heterocycles. The summed E-state index contributed by atoms with van der Waals surface area (Å²) in [7, 11) is 0. The Labute approximate surface area is 118 Å². The molecule has 0 unspecified atom stereocenters. The minimum absolute atomic E-state index is 0.110. The molecule has 0 spiro atoms.